The highest BCUT2D eigenvalue weighted by Gasteiger charge is 1.99. The SMILES string of the molecule is N#Cc1cccc(Cc2ccc(Cl)cc2)n1. The maximum Gasteiger partial charge on any atom is 0.140 e. The van der Waals surface area contributed by atoms with Crippen LogP contribution in [0.15, 0.2) is 42.5 Å². The molecule has 0 saturated heterocycles. The van der Waals surface area contributed by atoms with Crippen molar-refractivity contribution in [2.75, 3.05) is 0 Å². The molecule has 1 aromatic heterocycles. The van der Waals surface area contributed by atoms with Crippen LogP contribution in [0.2, 0.25) is 5.02 Å². The van der Waals surface area contributed by atoms with E-state index < -0.39 is 0 Å². The molecule has 0 aliphatic carbocycles. The van der Waals surface area contributed by atoms with Gasteiger partial charge in [-0.25, -0.2) is 4.98 Å². The molecule has 0 aliphatic heterocycles. The van der Waals surface area contributed by atoms with Gasteiger partial charge in [-0.2, -0.15) is 5.26 Å². The van der Waals surface area contributed by atoms with E-state index in [0.29, 0.717) is 12.1 Å². The van der Waals surface area contributed by atoms with Gasteiger partial charge in [0.25, 0.3) is 0 Å². The predicted octanol–water partition coefficient (Wildman–Crippen LogP) is 3.20. The van der Waals surface area contributed by atoms with Crippen molar-refractivity contribution >= 4 is 11.6 Å². The fourth-order valence-electron chi connectivity index (χ4n) is 1.45. The van der Waals surface area contributed by atoms with Crippen molar-refractivity contribution in [1.29, 1.82) is 5.26 Å². The molecule has 0 spiro atoms. The first-order valence-electron chi connectivity index (χ1n) is 4.88. The standard InChI is InChI=1S/C13H9ClN2/c14-11-6-4-10(5-7-11)8-12-2-1-3-13(9-15)16-12/h1-7H,8H2. The first-order valence-corrected chi connectivity index (χ1v) is 5.26. The minimum atomic E-state index is 0.450. The van der Waals surface area contributed by atoms with Gasteiger partial charge < -0.3 is 0 Å². The molecule has 2 rings (SSSR count). The fraction of sp³-hybridized carbons (Fsp3) is 0.0769. The summed E-state index contributed by atoms with van der Waals surface area (Å²) in [5.41, 5.74) is 2.47. The average molecular weight is 229 g/mol. The van der Waals surface area contributed by atoms with Gasteiger partial charge in [0.1, 0.15) is 11.8 Å². The maximum absolute atomic E-state index is 8.73. The highest BCUT2D eigenvalue weighted by molar-refractivity contribution is 6.30. The Balaban J connectivity index is 2.21. The van der Waals surface area contributed by atoms with Crippen LogP contribution >= 0.6 is 11.6 Å². The van der Waals surface area contributed by atoms with Crippen LogP contribution < -0.4 is 0 Å². The molecule has 1 aromatic carbocycles. The van der Waals surface area contributed by atoms with E-state index in [-0.39, 0.29) is 0 Å². The molecule has 0 amide bonds. The first kappa shape index (κ1) is 10.7. The summed E-state index contributed by atoms with van der Waals surface area (Å²) < 4.78 is 0. The Hall–Kier alpha value is -1.85. The molecule has 0 fully saturated rings. The molecule has 3 heteroatoms. The molecular formula is C13H9ClN2. The molecule has 0 atom stereocenters. The van der Waals surface area contributed by atoms with Crippen molar-refractivity contribution in [1.82, 2.24) is 4.98 Å². The number of hydrogen-bond acceptors (Lipinski definition) is 2. The van der Waals surface area contributed by atoms with Crippen molar-refractivity contribution in [2.24, 2.45) is 0 Å². The number of pyridine rings is 1. The van der Waals surface area contributed by atoms with Crippen LogP contribution in [0.4, 0.5) is 0 Å². The molecule has 0 aliphatic rings. The van der Waals surface area contributed by atoms with Gasteiger partial charge in [0, 0.05) is 17.1 Å². The Labute approximate surface area is 99.1 Å². The van der Waals surface area contributed by atoms with E-state index in [2.05, 4.69) is 4.98 Å². The van der Waals surface area contributed by atoms with Gasteiger partial charge in [0.2, 0.25) is 0 Å². The van der Waals surface area contributed by atoms with Gasteiger partial charge in [0.05, 0.1) is 0 Å². The summed E-state index contributed by atoms with van der Waals surface area (Å²) in [4.78, 5) is 4.21. The summed E-state index contributed by atoms with van der Waals surface area (Å²) in [7, 11) is 0. The molecule has 0 N–H and O–H groups in total. The van der Waals surface area contributed by atoms with E-state index in [0.717, 1.165) is 16.3 Å². The van der Waals surface area contributed by atoms with E-state index in [9.17, 15) is 0 Å². The lowest BCUT2D eigenvalue weighted by atomic mass is 10.1. The van der Waals surface area contributed by atoms with Crippen LogP contribution in [0.25, 0.3) is 0 Å². The summed E-state index contributed by atoms with van der Waals surface area (Å²) in [6.45, 7) is 0. The molecule has 16 heavy (non-hydrogen) atoms. The largest absolute Gasteiger partial charge is 0.242 e. The normalized spacial score (nSPS) is 9.75. The van der Waals surface area contributed by atoms with Gasteiger partial charge >= 0.3 is 0 Å². The van der Waals surface area contributed by atoms with Gasteiger partial charge in [-0.1, -0.05) is 29.8 Å². The number of benzene rings is 1. The van der Waals surface area contributed by atoms with E-state index in [4.69, 9.17) is 16.9 Å². The van der Waals surface area contributed by atoms with Gasteiger partial charge in [-0.3, -0.25) is 0 Å². The summed E-state index contributed by atoms with van der Waals surface area (Å²) in [5.74, 6) is 0. The quantitative estimate of drug-likeness (QED) is 0.792. The second-order valence-electron chi connectivity index (χ2n) is 3.43. The Morgan fingerprint density at radius 1 is 1.12 bits per heavy atom. The average Bonchev–Trinajstić information content (AvgIpc) is 2.32. The van der Waals surface area contributed by atoms with E-state index in [1.165, 1.54) is 0 Å². The molecule has 0 radical (unpaired) electrons. The maximum atomic E-state index is 8.73. The van der Waals surface area contributed by atoms with Crippen LogP contribution in [0.1, 0.15) is 17.0 Å². The van der Waals surface area contributed by atoms with Crippen molar-refractivity contribution in [3.63, 3.8) is 0 Å². The number of nitriles is 1. The first-order chi connectivity index (χ1) is 7.78. The lowest BCUT2D eigenvalue weighted by Gasteiger charge is -2.01. The zero-order chi connectivity index (χ0) is 11.4. The Kier molecular flexibility index (Phi) is 3.19. The lowest BCUT2D eigenvalue weighted by molar-refractivity contribution is 1.06. The van der Waals surface area contributed by atoms with Gasteiger partial charge in [0.15, 0.2) is 0 Å². The number of aromatic nitrogens is 1. The second-order valence-corrected chi connectivity index (χ2v) is 3.87. The minimum absolute atomic E-state index is 0.450. The van der Waals surface area contributed by atoms with Crippen LogP contribution in [-0.2, 0) is 6.42 Å². The van der Waals surface area contributed by atoms with Crippen LogP contribution in [-0.4, -0.2) is 4.98 Å². The molecule has 0 unspecified atom stereocenters. The smallest absolute Gasteiger partial charge is 0.140 e. The van der Waals surface area contributed by atoms with E-state index in [1.54, 1.807) is 6.07 Å². The van der Waals surface area contributed by atoms with Crippen molar-refractivity contribution < 1.29 is 0 Å². The molecule has 2 aromatic rings. The third-order valence-corrected chi connectivity index (χ3v) is 2.47. The number of nitrogens with zero attached hydrogens (tertiary/aromatic N) is 2. The van der Waals surface area contributed by atoms with E-state index in [1.807, 2.05) is 42.5 Å². The molecule has 2 nitrogen and oxygen atoms in total. The number of halogens is 1. The topological polar surface area (TPSA) is 36.7 Å². The molecule has 0 saturated carbocycles. The lowest BCUT2D eigenvalue weighted by Crippen LogP contribution is -1.93. The van der Waals surface area contributed by atoms with Crippen molar-refractivity contribution in [2.45, 2.75) is 6.42 Å². The zero-order valence-corrected chi connectivity index (χ0v) is 9.28. The second kappa shape index (κ2) is 4.78. The molecular weight excluding hydrogens is 220 g/mol. The van der Waals surface area contributed by atoms with Crippen LogP contribution in [0.5, 0.6) is 0 Å². The Bertz CT molecular complexity index is 526. The minimum Gasteiger partial charge on any atom is -0.242 e. The Morgan fingerprint density at radius 2 is 1.88 bits per heavy atom. The van der Waals surface area contributed by atoms with Gasteiger partial charge in [-0.15, -0.1) is 0 Å². The predicted molar refractivity (Wildman–Crippen MR) is 63.2 cm³/mol. The number of hydrogen-bond donors (Lipinski definition) is 0. The summed E-state index contributed by atoms with van der Waals surface area (Å²) >= 11 is 5.80. The third kappa shape index (κ3) is 2.59. The van der Waals surface area contributed by atoms with Crippen molar-refractivity contribution in [3.8, 4) is 6.07 Å². The van der Waals surface area contributed by atoms with Crippen LogP contribution in [0.3, 0.4) is 0 Å². The molecule has 0 bridgehead atoms. The monoisotopic (exact) mass is 228 g/mol. The highest BCUT2D eigenvalue weighted by Crippen LogP contribution is 2.12. The summed E-state index contributed by atoms with van der Waals surface area (Å²) in [6.07, 6.45) is 0.715. The van der Waals surface area contributed by atoms with Gasteiger partial charge in [-0.05, 0) is 29.8 Å². The Morgan fingerprint density at radius 3 is 2.56 bits per heavy atom. The fourth-order valence-corrected chi connectivity index (χ4v) is 1.58. The zero-order valence-electron chi connectivity index (χ0n) is 8.52. The number of rotatable bonds is 2. The summed E-state index contributed by atoms with van der Waals surface area (Å²) in [6, 6.07) is 15.1. The highest BCUT2D eigenvalue weighted by atomic mass is 35.5. The van der Waals surface area contributed by atoms with Crippen molar-refractivity contribution in [3.05, 3.63) is 64.4 Å². The van der Waals surface area contributed by atoms with Crippen LogP contribution in [0, 0.1) is 11.3 Å². The molecule has 78 valence electrons. The molecule has 1 heterocycles. The third-order valence-electron chi connectivity index (χ3n) is 2.22. The van der Waals surface area contributed by atoms with E-state index >= 15 is 0 Å². The summed E-state index contributed by atoms with van der Waals surface area (Å²) in [5, 5.41) is 9.46.